The summed E-state index contributed by atoms with van der Waals surface area (Å²) in [6.07, 6.45) is 0. The van der Waals surface area contributed by atoms with Crippen molar-refractivity contribution in [1.29, 1.82) is 0 Å². The van der Waals surface area contributed by atoms with Crippen LogP contribution in [-0.4, -0.2) is 19.8 Å². The quantitative estimate of drug-likeness (QED) is 0.927. The zero-order valence-corrected chi connectivity index (χ0v) is 12.6. The van der Waals surface area contributed by atoms with Gasteiger partial charge in [-0.15, -0.1) is 0 Å². The lowest BCUT2D eigenvalue weighted by Crippen LogP contribution is -2.59. The monoisotopic (exact) mass is 269 g/mol. The average Bonchev–Trinajstić information content (AvgIpc) is 2.37. The van der Waals surface area contributed by atoms with Crippen LogP contribution in [0.2, 0.25) is 0 Å². The van der Waals surface area contributed by atoms with Gasteiger partial charge in [0.15, 0.2) is 0 Å². The van der Waals surface area contributed by atoms with E-state index >= 15 is 0 Å². The fraction of sp³-hybridized carbons (Fsp3) is 0.444. The molecule has 1 aliphatic heterocycles. The van der Waals surface area contributed by atoms with Crippen molar-refractivity contribution in [2.45, 2.75) is 26.2 Å². The normalized spacial score (nSPS) is 18.0. The Hall–Kier alpha value is -1.38. The van der Waals surface area contributed by atoms with Crippen LogP contribution in [-0.2, 0) is 10.2 Å². The summed E-state index contributed by atoms with van der Waals surface area (Å²) in [5.74, 6) is 0. The Kier molecular flexibility index (Phi) is 3.11. The number of aryl methyl sites for hydroxylation is 1. The van der Waals surface area contributed by atoms with E-state index in [0.29, 0.717) is 6.54 Å². The largest absolute Gasteiger partial charge is 0.379 e. The summed E-state index contributed by atoms with van der Waals surface area (Å²) in [7, 11) is 0. The Labute approximate surface area is 120 Å². The van der Waals surface area contributed by atoms with Crippen LogP contribution in [0.15, 0.2) is 36.4 Å². The van der Waals surface area contributed by atoms with Gasteiger partial charge in [-0.2, -0.15) is 0 Å². The SMILES string of the molecule is Cc1ccc2cc(C3(C(C)(C)CN)COC3)ccc2c1. The van der Waals surface area contributed by atoms with Gasteiger partial charge in [-0.1, -0.05) is 55.8 Å². The van der Waals surface area contributed by atoms with Crippen LogP contribution in [0.25, 0.3) is 10.8 Å². The van der Waals surface area contributed by atoms with Crippen molar-refractivity contribution in [3.05, 3.63) is 47.5 Å². The molecule has 0 atom stereocenters. The number of benzene rings is 2. The van der Waals surface area contributed by atoms with Gasteiger partial charge in [-0.25, -0.2) is 0 Å². The topological polar surface area (TPSA) is 35.2 Å². The van der Waals surface area contributed by atoms with Crippen molar-refractivity contribution in [3.8, 4) is 0 Å². The molecule has 0 bridgehead atoms. The summed E-state index contributed by atoms with van der Waals surface area (Å²) in [5, 5.41) is 2.60. The van der Waals surface area contributed by atoms with E-state index in [-0.39, 0.29) is 10.8 Å². The second-order valence-corrected chi connectivity index (χ2v) is 6.73. The van der Waals surface area contributed by atoms with E-state index in [1.807, 2.05) is 0 Å². The average molecular weight is 269 g/mol. The maximum absolute atomic E-state index is 6.02. The van der Waals surface area contributed by atoms with Gasteiger partial charge in [0.25, 0.3) is 0 Å². The third-order valence-corrected chi connectivity index (χ3v) is 5.05. The second-order valence-electron chi connectivity index (χ2n) is 6.73. The van der Waals surface area contributed by atoms with Gasteiger partial charge in [0.05, 0.1) is 13.2 Å². The third-order valence-electron chi connectivity index (χ3n) is 5.05. The Morgan fingerprint density at radius 1 is 1.10 bits per heavy atom. The van der Waals surface area contributed by atoms with Crippen LogP contribution in [0, 0.1) is 12.3 Å². The second kappa shape index (κ2) is 4.57. The van der Waals surface area contributed by atoms with Crippen molar-refractivity contribution < 1.29 is 4.74 Å². The van der Waals surface area contributed by atoms with Gasteiger partial charge in [0.2, 0.25) is 0 Å². The molecule has 0 unspecified atom stereocenters. The lowest BCUT2D eigenvalue weighted by atomic mass is 9.60. The summed E-state index contributed by atoms with van der Waals surface area (Å²) >= 11 is 0. The summed E-state index contributed by atoms with van der Waals surface area (Å²) in [5.41, 5.74) is 8.77. The molecular formula is C18H23NO. The first-order chi connectivity index (χ1) is 9.48. The van der Waals surface area contributed by atoms with Crippen molar-refractivity contribution >= 4 is 10.8 Å². The molecule has 0 radical (unpaired) electrons. The minimum Gasteiger partial charge on any atom is -0.379 e. The van der Waals surface area contributed by atoms with Crippen molar-refractivity contribution in [1.82, 2.24) is 0 Å². The Bertz CT molecular complexity index is 641. The molecule has 2 N–H and O–H groups in total. The van der Waals surface area contributed by atoms with Crippen LogP contribution in [0.3, 0.4) is 0 Å². The highest BCUT2D eigenvalue weighted by molar-refractivity contribution is 5.84. The van der Waals surface area contributed by atoms with Crippen LogP contribution in [0.5, 0.6) is 0 Å². The molecule has 1 saturated heterocycles. The first-order valence-corrected chi connectivity index (χ1v) is 7.27. The van der Waals surface area contributed by atoms with Gasteiger partial charge < -0.3 is 10.5 Å². The number of fused-ring (bicyclic) bond motifs is 1. The number of ether oxygens (including phenoxy) is 1. The Balaban J connectivity index is 2.11. The van der Waals surface area contributed by atoms with Crippen molar-refractivity contribution in [2.75, 3.05) is 19.8 Å². The molecule has 0 saturated carbocycles. The molecule has 0 aliphatic carbocycles. The van der Waals surface area contributed by atoms with Crippen LogP contribution in [0.1, 0.15) is 25.0 Å². The smallest absolute Gasteiger partial charge is 0.0591 e. The zero-order valence-electron chi connectivity index (χ0n) is 12.6. The number of hydrogen-bond acceptors (Lipinski definition) is 2. The Morgan fingerprint density at radius 3 is 2.35 bits per heavy atom. The summed E-state index contributed by atoms with van der Waals surface area (Å²) in [6, 6.07) is 13.4. The third kappa shape index (κ3) is 1.87. The predicted octanol–water partition coefficient (Wildman–Crippen LogP) is 3.40. The van der Waals surface area contributed by atoms with Crippen molar-refractivity contribution in [3.63, 3.8) is 0 Å². The van der Waals surface area contributed by atoms with E-state index in [4.69, 9.17) is 10.5 Å². The highest BCUT2D eigenvalue weighted by atomic mass is 16.5. The fourth-order valence-electron chi connectivity index (χ4n) is 3.11. The maximum atomic E-state index is 6.02. The summed E-state index contributed by atoms with van der Waals surface area (Å²) < 4.78 is 5.56. The van der Waals surface area contributed by atoms with E-state index in [1.165, 1.54) is 21.9 Å². The molecule has 106 valence electrons. The maximum Gasteiger partial charge on any atom is 0.0591 e. The summed E-state index contributed by atoms with van der Waals surface area (Å²) in [6.45, 7) is 8.83. The van der Waals surface area contributed by atoms with E-state index in [2.05, 4.69) is 57.2 Å². The molecule has 20 heavy (non-hydrogen) atoms. The molecule has 0 aromatic heterocycles. The molecule has 1 fully saturated rings. The highest BCUT2D eigenvalue weighted by Crippen LogP contribution is 2.47. The minimum atomic E-state index is 0.0453. The fourth-order valence-corrected chi connectivity index (χ4v) is 3.11. The molecule has 2 heteroatoms. The van der Waals surface area contributed by atoms with Gasteiger partial charge in [0.1, 0.15) is 0 Å². The molecule has 3 rings (SSSR count). The molecule has 2 nitrogen and oxygen atoms in total. The van der Waals surface area contributed by atoms with Gasteiger partial charge >= 0.3 is 0 Å². The first-order valence-electron chi connectivity index (χ1n) is 7.27. The van der Waals surface area contributed by atoms with E-state index in [9.17, 15) is 0 Å². The number of hydrogen-bond donors (Lipinski definition) is 1. The van der Waals surface area contributed by atoms with Crippen molar-refractivity contribution in [2.24, 2.45) is 11.1 Å². The molecular weight excluding hydrogens is 246 g/mol. The van der Waals surface area contributed by atoms with Gasteiger partial charge in [-0.05, 0) is 35.2 Å². The molecule has 1 aliphatic rings. The predicted molar refractivity (Wildman–Crippen MR) is 84.0 cm³/mol. The standard InChI is InChI=1S/C18H23NO/c1-13-4-5-15-9-16(7-6-14(15)8-13)18(11-20-12-18)17(2,3)10-19/h4-9H,10-12,19H2,1-3H3. The lowest BCUT2D eigenvalue weighted by molar-refractivity contribution is -0.116. The lowest BCUT2D eigenvalue weighted by Gasteiger charge is -2.52. The van der Waals surface area contributed by atoms with E-state index in [0.717, 1.165) is 13.2 Å². The van der Waals surface area contributed by atoms with Gasteiger partial charge in [0, 0.05) is 5.41 Å². The van der Waals surface area contributed by atoms with Gasteiger partial charge in [-0.3, -0.25) is 0 Å². The molecule has 2 aromatic carbocycles. The van der Waals surface area contributed by atoms with E-state index < -0.39 is 0 Å². The number of nitrogens with two attached hydrogens (primary N) is 1. The zero-order chi connectivity index (χ0) is 14.4. The highest BCUT2D eigenvalue weighted by Gasteiger charge is 2.51. The molecule has 1 heterocycles. The Morgan fingerprint density at radius 2 is 1.75 bits per heavy atom. The van der Waals surface area contributed by atoms with Crippen LogP contribution >= 0.6 is 0 Å². The first kappa shape index (κ1) is 13.6. The van der Waals surface area contributed by atoms with E-state index in [1.54, 1.807) is 0 Å². The minimum absolute atomic E-state index is 0.0453. The van der Waals surface area contributed by atoms with Crippen LogP contribution in [0.4, 0.5) is 0 Å². The summed E-state index contributed by atoms with van der Waals surface area (Å²) in [4.78, 5) is 0. The number of rotatable bonds is 3. The molecule has 0 amide bonds. The molecule has 0 spiro atoms. The molecule has 2 aromatic rings. The van der Waals surface area contributed by atoms with Crippen LogP contribution < -0.4 is 5.73 Å².